The van der Waals surface area contributed by atoms with E-state index < -0.39 is 41.4 Å². The molecule has 2 atom stereocenters. The number of fused-ring (bicyclic) bond motifs is 2. The third-order valence-corrected chi connectivity index (χ3v) is 6.43. The minimum absolute atomic E-state index is 0.0337. The molecule has 2 aromatic rings. The summed E-state index contributed by atoms with van der Waals surface area (Å²) in [5, 5.41) is 22.7. The summed E-state index contributed by atoms with van der Waals surface area (Å²) in [6.45, 7) is 1.85. The van der Waals surface area contributed by atoms with Gasteiger partial charge < -0.3 is 5.32 Å². The molecule has 0 saturated heterocycles. The Labute approximate surface area is 201 Å². The average Bonchev–Trinajstić information content (AvgIpc) is 2.86. The first-order valence-corrected chi connectivity index (χ1v) is 11.4. The van der Waals surface area contributed by atoms with Crippen LogP contribution in [0.25, 0.3) is 0 Å². The highest BCUT2D eigenvalue weighted by Gasteiger charge is 2.43. The van der Waals surface area contributed by atoms with Gasteiger partial charge in [-0.1, -0.05) is 62.6 Å². The quantitative estimate of drug-likeness (QED) is 0.239. The maximum absolute atomic E-state index is 13.0. The largest absolute Gasteiger partial charge is 0.351 e. The molecule has 0 radical (unpaired) electrons. The monoisotopic (exact) mass is 479 g/mol. The summed E-state index contributed by atoms with van der Waals surface area (Å²) < 4.78 is 0. The number of hydrogen-bond donors (Lipinski definition) is 3. The fourth-order valence-corrected chi connectivity index (χ4v) is 4.63. The molecule has 2 aliphatic heterocycles. The van der Waals surface area contributed by atoms with Crippen LogP contribution in [0.4, 0.5) is 0 Å². The van der Waals surface area contributed by atoms with Crippen LogP contribution in [-0.4, -0.2) is 50.1 Å². The minimum Gasteiger partial charge on any atom is -0.351 e. The fraction of sp³-hybridized carbons (Fsp3) is 0.320. The molecule has 0 aromatic heterocycles. The van der Waals surface area contributed by atoms with E-state index in [0.717, 1.165) is 19.3 Å². The van der Waals surface area contributed by atoms with Crippen molar-refractivity contribution in [1.29, 1.82) is 0 Å². The van der Waals surface area contributed by atoms with Crippen molar-refractivity contribution in [1.82, 2.24) is 15.4 Å². The zero-order valence-corrected chi connectivity index (χ0v) is 19.1. The molecule has 0 spiro atoms. The summed E-state index contributed by atoms with van der Waals surface area (Å²) in [7, 11) is 0. The van der Waals surface area contributed by atoms with Gasteiger partial charge in [-0.2, -0.15) is 10.1 Å². The van der Waals surface area contributed by atoms with Crippen LogP contribution in [-0.2, 0) is 20.9 Å². The number of hydrogen-bond acceptors (Lipinski definition) is 7. The Morgan fingerprint density at radius 3 is 2.31 bits per heavy atom. The average molecular weight is 479 g/mol. The van der Waals surface area contributed by atoms with Crippen molar-refractivity contribution in [3.8, 4) is 0 Å². The number of unbranched alkanes of at least 4 members (excludes halogenated alkanes) is 2. The zero-order valence-electron chi connectivity index (χ0n) is 19.1. The molecule has 0 bridgehead atoms. The van der Waals surface area contributed by atoms with Crippen molar-refractivity contribution in [2.45, 2.75) is 51.0 Å². The van der Waals surface area contributed by atoms with E-state index in [1.165, 1.54) is 12.1 Å². The first-order chi connectivity index (χ1) is 16.8. The number of carbonyl (C=O) groups is 5. The van der Waals surface area contributed by atoms with Gasteiger partial charge >= 0.3 is 0 Å². The van der Waals surface area contributed by atoms with Crippen molar-refractivity contribution in [2.75, 3.05) is 0 Å². The second kappa shape index (κ2) is 9.77. The van der Waals surface area contributed by atoms with Gasteiger partial charge in [0.2, 0.25) is 5.91 Å². The Balaban J connectivity index is 1.61. The molecular weight excluding hydrogens is 454 g/mol. The lowest BCUT2D eigenvalue weighted by Gasteiger charge is -2.30. The number of rotatable bonds is 7. The lowest BCUT2D eigenvalue weighted by molar-refractivity contribution is -0.159. The number of benzene rings is 2. The number of nitrogens with zero attached hydrogens (tertiary/aromatic N) is 2. The number of nitrogens with one attached hydrogen (secondary N) is 1. The Morgan fingerprint density at radius 1 is 0.886 bits per heavy atom. The van der Waals surface area contributed by atoms with Crippen LogP contribution in [0.2, 0.25) is 0 Å². The highest BCUT2D eigenvalue weighted by atomic mass is 16.5. The summed E-state index contributed by atoms with van der Waals surface area (Å²) in [6, 6.07) is 10.9. The van der Waals surface area contributed by atoms with E-state index in [0.29, 0.717) is 17.5 Å². The van der Waals surface area contributed by atoms with Crippen LogP contribution in [0.3, 0.4) is 0 Å². The van der Waals surface area contributed by atoms with Gasteiger partial charge in [0, 0.05) is 12.1 Å². The van der Waals surface area contributed by atoms with E-state index in [2.05, 4.69) is 5.32 Å². The second-order valence-electron chi connectivity index (χ2n) is 8.58. The molecule has 4 rings (SSSR count). The maximum atomic E-state index is 13.0. The number of amides is 5. The third-order valence-electron chi connectivity index (χ3n) is 6.43. The van der Waals surface area contributed by atoms with Gasteiger partial charge in [0.15, 0.2) is 0 Å². The summed E-state index contributed by atoms with van der Waals surface area (Å²) >= 11 is 0. The van der Waals surface area contributed by atoms with Crippen LogP contribution in [0.15, 0.2) is 42.5 Å². The smallest absolute Gasteiger partial charge is 0.285 e. The van der Waals surface area contributed by atoms with E-state index in [-0.39, 0.29) is 33.4 Å². The Bertz CT molecular complexity index is 1230. The van der Waals surface area contributed by atoms with Crippen molar-refractivity contribution in [2.24, 2.45) is 0 Å². The van der Waals surface area contributed by atoms with Gasteiger partial charge in [0.25, 0.3) is 23.6 Å². The molecule has 35 heavy (non-hydrogen) atoms. The first kappa shape index (κ1) is 24.2. The maximum Gasteiger partial charge on any atom is 0.285 e. The van der Waals surface area contributed by atoms with Gasteiger partial charge in [-0.15, -0.1) is 0 Å². The van der Waals surface area contributed by atoms with Crippen LogP contribution in [0, 0.1) is 0 Å². The van der Waals surface area contributed by atoms with Gasteiger partial charge in [0.05, 0.1) is 11.5 Å². The highest BCUT2D eigenvalue weighted by molar-refractivity contribution is 6.18. The molecule has 0 fully saturated rings. The minimum atomic E-state index is -1.46. The van der Waals surface area contributed by atoms with Gasteiger partial charge in [-0.3, -0.25) is 34.4 Å². The Hall–Kier alpha value is -3.89. The Kier molecular flexibility index (Phi) is 6.77. The van der Waals surface area contributed by atoms with Gasteiger partial charge in [-0.05, 0) is 29.2 Å². The van der Waals surface area contributed by atoms with Crippen molar-refractivity contribution in [3.63, 3.8) is 0 Å². The predicted molar refractivity (Wildman–Crippen MR) is 120 cm³/mol. The molecule has 0 saturated carbocycles. The molecule has 10 nitrogen and oxygen atoms in total. The standard InChI is InChI=1S/C25H25N3O7/c1-2-3-4-10-17-15-12-7-8-14(19(15)24(32)27(34)22(17)30)13-26-21(29)20-16-9-5-6-11-18(16)23(31)28(35)25(20)33/h5-9,11-12,17,20,34-35H,2-4,10,13H2,1H3,(H,26,29). The van der Waals surface area contributed by atoms with Crippen molar-refractivity contribution >= 4 is 29.5 Å². The normalized spacial score (nSPS) is 19.5. The molecule has 10 heteroatoms. The van der Waals surface area contributed by atoms with E-state index in [1.54, 1.807) is 30.3 Å². The summed E-state index contributed by atoms with van der Waals surface area (Å²) in [5.41, 5.74) is 1.18. The van der Waals surface area contributed by atoms with E-state index >= 15 is 0 Å². The molecule has 2 unspecified atom stereocenters. The van der Waals surface area contributed by atoms with E-state index in [1.807, 2.05) is 6.92 Å². The third kappa shape index (κ3) is 4.22. The molecule has 182 valence electrons. The molecule has 2 aliphatic rings. The predicted octanol–water partition coefficient (Wildman–Crippen LogP) is 2.49. The summed E-state index contributed by atoms with van der Waals surface area (Å²) in [4.78, 5) is 63.1. The molecular formula is C25H25N3O7. The van der Waals surface area contributed by atoms with Crippen molar-refractivity contribution < 1.29 is 34.4 Å². The number of hydroxylamine groups is 4. The zero-order chi connectivity index (χ0) is 25.3. The summed E-state index contributed by atoms with van der Waals surface area (Å²) in [5.74, 6) is -6.48. The topological polar surface area (TPSA) is 144 Å². The van der Waals surface area contributed by atoms with Crippen LogP contribution in [0.1, 0.15) is 81.8 Å². The van der Waals surface area contributed by atoms with E-state index in [9.17, 15) is 34.4 Å². The SMILES string of the molecule is CCCCCC1C(=O)N(O)C(=O)c2c(CNC(=O)C3C(=O)N(O)C(=O)c4ccccc43)cccc21. The molecule has 5 amide bonds. The second-order valence-corrected chi connectivity index (χ2v) is 8.58. The van der Waals surface area contributed by atoms with Crippen LogP contribution < -0.4 is 5.32 Å². The molecule has 2 aromatic carbocycles. The van der Waals surface area contributed by atoms with Crippen LogP contribution >= 0.6 is 0 Å². The van der Waals surface area contributed by atoms with Crippen molar-refractivity contribution in [3.05, 3.63) is 70.3 Å². The number of imide groups is 2. The lowest BCUT2D eigenvalue weighted by Crippen LogP contribution is -2.48. The fourth-order valence-electron chi connectivity index (χ4n) is 4.63. The Morgan fingerprint density at radius 2 is 1.57 bits per heavy atom. The first-order valence-electron chi connectivity index (χ1n) is 11.4. The number of carbonyl (C=O) groups excluding carboxylic acids is 5. The molecule has 3 N–H and O–H groups in total. The van der Waals surface area contributed by atoms with Crippen LogP contribution in [0.5, 0.6) is 0 Å². The molecule has 2 heterocycles. The van der Waals surface area contributed by atoms with Gasteiger partial charge in [-0.25, -0.2) is 0 Å². The summed E-state index contributed by atoms with van der Waals surface area (Å²) in [6.07, 6.45) is 3.06. The lowest BCUT2D eigenvalue weighted by atomic mass is 9.83. The molecule has 0 aliphatic carbocycles. The van der Waals surface area contributed by atoms with E-state index in [4.69, 9.17) is 0 Å². The highest BCUT2D eigenvalue weighted by Crippen LogP contribution is 2.35. The van der Waals surface area contributed by atoms with Gasteiger partial charge in [0.1, 0.15) is 5.92 Å².